The maximum Gasteiger partial charge on any atom is 0.0434 e. The molecule has 0 bridgehead atoms. The van der Waals surface area contributed by atoms with Crippen LogP contribution in [0.3, 0.4) is 0 Å². The maximum absolute atomic E-state index is 2.32. The van der Waals surface area contributed by atoms with E-state index < -0.39 is 0 Å². The van der Waals surface area contributed by atoms with E-state index in [4.69, 9.17) is 0 Å². The number of rotatable bonds is 2. The van der Waals surface area contributed by atoms with Crippen molar-refractivity contribution in [1.29, 1.82) is 0 Å². The second-order valence-electron chi connectivity index (χ2n) is 10.4. The zero-order valence-electron chi connectivity index (χ0n) is 21.5. The van der Waals surface area contributed by atoms with Crippen LogP contribution in [0, 0.1) is 0 Å². The Kier molecular flexibility index (Phi) is 4.74. The molecule has 0 nitrogen and oxygen atoms in total. The minimum atomic E-state index is 1.30. The molecule has 40 heavy (non-hydrogen) atoms. The first kappa shape index (κ1) is 22.3. The minimum absolute atomic E-state index is 1.30. The molecule has 0 atom stereocenters. The summed E-state index contributed by atoms with van der Waals surface area (Å²) in [5, 5.41) is 10.6. The van der Waals surface area contributed by atoms with Crippen LogP contribution in [0.1, 0.15) is 0 Å². The Hall–Kier alpha value is -4.50. The molecule has 0 saturated carbocycles. The summed E-state index contributed by atoms with van der Waals surface area (Å²) in [6.45, 7) is 0. The van der Waals surface area contributed by atoms with Crippen molar-refractivity contribution < 1.29 is 0 Å². The van der Waals surface area contributed by atoms with Gasteiger partial charge in [-0.2, -0.15) is 0 Å². The number of benzene rings is 7. The van der Waals surface area contributed by atoms with Crippen LogP contribution in [-0.4, -0.2) is 0 Å². The lowest BCUT2D eigenvalue weighted by Crippen LogP contribution is -1.91. The van der Waals surface area contributed by atoms with Gasteiger partial charge in [-0.1, -0.05) is 121 Å². The average molecular weight is 543 g/mol. The van der Waals surface area contributed by atoms with Gasteiger partial charge in [0.1, 0.15) is 0 Å². The third-order valence-corrected chi connectivity index (χ3v) is 10.7. The zero-order chi connectivity index (χ0) is 26.2. The summed E-state index contributed by atoms with van der Waals surface area (Å²) in [5.41, 5.74) is 5.29. The fourth-order valence-corrected chi connectivity index (χ4v) is 9.04. The Balaban J connectivity index is 1.46. The molecule has 0 spiro atoms. The predicted molar refractivity (Wildman–Crippen MR) is 178 cm³/mol. The van der Waals surface area contributed by atoms with E-state index in [1.165, 1.54) is 84.1 Å². The Morgan fingerprint density at radius 2 is 0.600 bits per heavy atom. The number of fused-ring (bicyclic) bond motifs is 8. The third-order valence-electron chi connectivity index (χ3n) is 8.28. The summed E-state index contributed by atoms with van der Waals surface area (Å²) < 4.78 is 5.40. The van der Waals surface area contributed by atoms with E-state index in [0.29, 0.717) is 0 Å². The van der Waals surface area contributed by atoms with Gasteiger partial charge in [0, 0.05) is 51.5 Å². The minimum Gasteiger partial charge on any atom is -0.135 e. The van der Waals surface area contributed by atoms with Crippen molar-refractivity contribution >= 4 is 84.6 Å². The first-order valence-electron chi connectivity index (χ1n) is 13.6. The smallest absolute Gasteiger partial charge is 0.0434 e. The van der Waals surface area contributed by atoms with Gasteiger partial charge in [-0.05, 0) is 44.8 Å². The number of hydrogen-bond donors (Lipinski definition) is 0. The van der Waals surface area contributed by atoms with Crippen molar-refractivity contribution in [3.8, 4) is 22.3 Å². The number of hydrogen-bond acceptors (Lipinski definition) is 2. The molecule has 186 valence electrons. The molecule has 0 amide bonds. The highest BCUT2D eigenvalue weighted by Crippen LogP contribution is 2.49. The normalized spacial score (nSPS) is 12.0. The summed E-state index contributed by atoms with van der Waals surface area (Å²) in [4.78, 5) is 0. The largest absolute Gasteiger partial charge is 0.135 e. The molecule has 0 aliphatic carbocycles. The molecule has 0 aliphatic heterocycles. The van der Waals surface area contributed by atoms with Crippen LogP contribution in [0.5, 0.6) is 0 Å². The maximum atomic E-state index is 2.32. The molecule has 9 aromatic rings. The summed E-state index contributed by atoms with van der Waals surface area (Å²) in [6.07, 6.45) is 0. The van der Waals surface area contributed by atoms with Gasteiger partial charge < -0.3 is 0 Å². The molecule has 0 unspecified atom stereocenters. The lowest BCUT2D eigenvalue weighted by Gasteiger charge is -2.18. The molecule has 0 saturated heterocycles. The summed E-state index contributed by atoms with van der Waals surface area (Å²) in [7, 11) is 0. The Morgan fingerprint density at radius 1 is 0.275 bits per heavy atom. The summed E-state index contributed by atoms with van der Waals surface area (Å²) in [5.74, 6) is 0. The molecule has 0 radical (unpaired) electrons. The van der Waals surface area contributed by atoms with Crippen molar-refractivity contribution in [3.63, 3.8) is 0 Å². The summed E-state index contributed by atoms with van der Waals surface area (Å²) in [6, 6.07) is 49.3. The molecule has 0 N–H and O–H groups in total. The predicted octanol–water partition coefficient (Wildman–Crippen LogP) is 12.1. The quantitative estimate of drug-likeness (QED) is 0.191. The van der Waals surface area contributed by atoms with Crippen LogP contribution in [-0.2, 0) is 0 Å². The highest BCUT2D eigenvalue weighted by Gasteiger charge is 2.20. The van der Waals surface area contributed by atoms with Crippen molar-refractivity contribution in [2.24, 2.45) is 0 Å². The van der Waals surface area contributed by atoms with Gasteiger partial charge in [0.2, 0.25) is 0 Å². The van der Waals surface area contributed by atoms with Gasteiger partial charge in [-0.25, -0.2) is 0 Å². The SMILES string of the molecule is c1ccc2c(c1)sc1c(-c3c4ccccc4c(-c4cccc5c4sc4ccccc45)c4ccccc34)cccc12. The highest BCUT2D eigenvalue weighted by molar-refractivity contribution is 7.26. The molecule has 0 fully saturated rings. The van der Waals surface area contributed by atoms with Gasteiger partial charge in [0.15, 0.2) is 0 Å². The first-order chi connectivity index (χ1) is 19.9. The van der Waals surface area contributed by atoms with Crippen LogP contribution in [0.2, 0.25) is 0 Å². The first-order valence-corrected chi connectivity index (χ1v) is 15.2. The van der Waals surface area contributed by atoms with E-state index in [2.05, 4.69) is 133 Å². The van der Waals surface area contributed by atoms with Gasteiger partial charge in [0.05, 0.1) is 0 Å². The lowest BCUT2D eigenvalue weighted by atomic mass is 9.85. The van der Waals surface area contributed by atoms with Crippen LogP contribution in [0.25, 0.3) is 84.1 Å². The Labute approximate surface area is 239 Å². The van der Waals surface area contributed by atoms with Crippen LogP contribution < -0.4 is 0 Å². The van der Waals surface area contributed by atoms with Crippen molar-refractivity contribution in [2.45, 2.75) is 0 Å². The molecular formula is C38H22S2. The Morgan fingerprint density at radius 3 is 1.00 bits per heavy atom. The van der Waals surface area contributed by atoms with Gasteiger partial charge in [-0.3, -0.25) is 0 Å². The standard InChI is InChI=1S/C38H22S2/c1-2-14-26-25(13-1)35(31-19-9-17-29-23-11-5-7-21-33(23)39-37(29)31)27-15-3-4-16-28(27)36(26)32-20-10-18-30-24-12-6-8-22-34(24)40-38(30)32/h1-22H. The molecule has 2 aromatic heterocycles. The van der Waals surface area contributed by atoms with Gasteiger partial charge in [-0.15, -0.1) is 22.7 Å². The van der Waals surface area contributed by atoms with E-state index in [9.17, 15) is 0 Å². The van der Waals surface area contributed by atoms with Crippen molar-refractivity contribution in [1.82, 2.24) is 0 Å². The van der Waals surface area contributed by atoms with Gasteiger partial charge in [0.25, 0.3) is 0 Å². The summed E-state index contributed by atoms with van der Waals surface area (Å²) >= 11 is 3.81. The number of thiophene rings is 2. The second-order valence-corrected chi connectivity index (χ2v) is 12.5. The molecule has 9 rings (SSSR count). The highest BCUT2D eigenvalue weighted by atomic mass is 32.1. The van der Waals surface area contributed by atoms with Crippen molar-refractivity contribution in [3.05, 3.63) is 133 Å². The molecule has 7 aromatic carbocycles. The van der Waals surface area contributed by atoms with Gasteiger partial charge >= 0.3 is 0 Å². The molecule has 0 aliphatic rings. The fourth-order valence-electron chi connectivity index (χ4n) is 6.60. The average Bonchev–Trinajstić information content (AvgIpc) is 3.59. The van der Waals surface area contributed by atoms with Crippen LogP contribution in [0.15, 0.2) is 133 Å². The van der Waals surface area contributed by atoms with Crippen LogP contribution >= 0.6 is 22.7 Å². The molecular weight excluding hydrogens is 521 g/mol. The van der Waals surface area contributed by atoms with Crippen molar-refractivity contribution in [2.75, 3.05) is 0 Å². The van der Waals surface area contributed by atoms with E-state index in [0.717, 1.165) is 0 Å². The van der Waals surface area contributed by atoms with E-state index in [-0.39, 0.29) is 0 Å². The lowest BCUT2D eigenvalue weighted by molar-refractivity contribution is 1.71. The monoisotopic (exact) mass is 542 g/mol. The second kappa shape index (κ2) is 8.50. The fraction of sp³-hybridized carbons (Fsp3) is 0. The zero-order valence-corrected chi connectivity index (χ0v) is 23.2. The topological polar surface area (TPSA) is 0 Å². The van der Waals surface area contributed by atoms with E-state index >= 15 is 0 Å². The molecule has 2 heteroatoms. The van der Waals surface area contributed by atoms with Crippen LogP contribution in [0.4, 0.5) is 0 Å². The molecule has 2 heterocycles. The third kappa shape index (κ3) is 3.06. The Bertz CT molecular complexity index is 2210. The van der Waals surface area contributed by atoms with E-state index in [1.807, 2.05) is 22.7 Å². The van der Waals surface area contributed by atoms with E-state index in [1.54, 1.807) is 0 Å².